The van der Waals surface area contributed by atoms with Crippen molar-refractivity contribution in [2.24, 2.45) is 0 Å². The van der Waals surface area contributed by atoms with E-state index >= 15 is 0 Å². The minimum Gasteiger partial charge on any atom is -0.494 e. The van der Waals surface area contributed by atoms with Crippen LogP contribution in [0.2, 0.25) is 0 Å². The Kier molecular flexibility index (Phi) is 6.22. The van der Waals surface area contributed by atoms with Gasteiger partial charge in [-0.05, 0) is 60.9 Å². The molecule has 1 heterocycles. The molecule has 0 fully saturated rings. The smallest absolute Gasteiger partial charge is 0.282 e. The molecular weight excluding hydrogens is 426 g/mol. The summed E-state index contributed by atoms with van der Waals surface area (Å²) in [5.74, 6) is -2.88. The molecule has 1 N–H and O–H groups in total. The number of aryl methyl sites for hydroxylation is 1. The van der Waals surface area contributed by atoms with E-state index in [4.69, 9.17) is 4.74 Å². The molecule has 0 unspecified atom stereocenters. The molecule has 2 amide bonds. The lowest BCUT2D eigenvalue weighted by molar-refractivity contribution is -0.120. The Bertz CT molecular complexity index is 1240. The van der Waals surface area contributed by atoms with Crippen molar-refractivity contribution >= 4 is 28.8 Å². The summed E-state index contributed by atoms with van der Waals surface area (Å²) < 4.78 is 32.8. The van der Waals surface area contributed by atoms with Crippen molar-refractivity contribution < 1.29 is 23.1 Å². The number of carbonyl (C=O) groups is 2. The molecule has 7 heteroatoms. The minimum absolute atomic E-state index is 0.0505. The number of halogens is 2. The number of imide groups is 1. The largest absolute Gasteiger partial charge is 0.494 e. The Balaban J connectivity index is 1.78. The predicted octanol–water partition coefficient (Wildman–Crippen LogP) is 5.32. The molecule has 3 aromatic rings. The molecule has 0 radical (unpaired) electrons. The molecule has 4 rings (SSSR count). The molecule has 0 aromatic heterocycles. The fourth-order valence-electron chi connectivity index (χ4n) is 3.62. The maximum Gasteiger partial charge on any atom is 0.282 e. The van der Waals surface area contributed by atoms with Crippen molar-refractivity contribution in [1.82, 2.24) is 0 Å². The molecule has 0 saturated heterocycles. The van der Waals surface area contributed by atoms with Crippen LogP contribution in [-0.2, 0) is 16.0 Å². The molecule has 3 aromatic carbocycles. The first-order valence-electron chi connectivity index (χ1n) is 10.6. The standard InChI is InChI=1S/C26H22F2N2O3/c1-3-16-5-9-18(10-6-16)29-24-23(17-7-12-20(13-8-17)33-4-2)25(31)30(26(24)32)19-11-14-21(27)22(28)15-19/h5-15,29H,3-4H2,1-2H3. The van der Waals surface area contributed by atoms with Crippen molar-refractivity contribution in [2.45, 2.75) is 20.3 Å². The van der Waals surface area contributed by atoms with E-state index in [1.54, 1.807) is 24.3 Å². The molecule has 0 aliphatic carbocycles. The topological polar surface area (TPSA) is 58.6 Å². The van der Waals surface area contributed by atoms with Gasteiger partial charge in [-0.2, -0.15) is 0 Å². The predicted molar refractivity (Wildman–Crippen MR) is 123 cm³/mol. The molecule has 0 spiro atoms. The highest BCUT2D eigenvalue weighted by Gasteiger charge is 2.40. The van der Waals surface area contributed by atoms with Gasteiger partial charge in [0.1, 0.15) is 11.4 Å². The Hall–Kier alpha value is -4.00. The van der Waals surface area contributed by atoms with Gasteiger partial charge in [-0.15, -0.1) is 0 Å². The monoisotopic (exact) mass is 448 g/mol. The number of hydrogen-bond donors (Lipinski definition) is 1. The SMILES string of the molecule is CCOc1ccc(C2=C(Nc3ccc(CC)cc3)C(=O)N(c3ccc(F)c(F)c3)C2=O)cc1. The summed E-state index contributed by atoms with van der Waals surface area (Å²) in [6.07, 6.45) is 0.863. The van der Waals surface area contributed by atoms with Crippen LogP contribution in [-0.4, -0.2) is 18.4 Å². The summed E-state index contributed by atoms with van der Waals surface area (Å²) in [7, 11) is 0. The van der Waals surface area contributed by atoms with Crippen molar-refractivity contribution in [3.05, 3.63) is 95.2 Å². The normalized spacial score (nSPS) is 13.6. The van der Waals surface area contributed by atoms with E-state index < -0.39 is 23.4 Å². The fraction of sp³-hybridized carbons (Fsp3) is 0.154. The van der Waals surface area contributed by atoms with Crippen LogP contribution in [0.1, 0.15) is 25.0 Å². The van der Waals surface area contributed by atoms with E-state index in [9.17, 15) is 18.4 Å². The van der Waals surface area contributed by atoms with Crippen LogP contribution >= 0.6 is 0 Å². The third kappa shape index (κ3) is 4.35. The lowest BCUT2D eigenvalue weighted by Crippen LogP contribution is -2.32. The number of hydrogen-bond acceptors (Lipinski definition) is 4. The van der Waals surface area contributed by atoms with Gasteiger partial charge in [-0.25, -0.2) is 13.7 Å². The average molecular weight is 448 g/mol. The van der Waals surface area contributed by atoms with E-state index in [2.05, 4.69) is 5.32 Å². The van der Waals surface area contributed by atoms with Crippen LogP contribution in [0, 0.1) is 11.6 Å². The van der Waals surface area contributed by atoms with Gasteiger partial charge in [0.2, 0.25) is 0 Å². The van der Waals surface area contributed by atoms with E-state index in [1.807, 2.05) is 38.1 Å². The number of ether oxygens (including phenoxy) is 1. The zero-order valence-electron chi connectivity index (χ0n) is 18.2. The highest BCUT2D eigenvalue weighted by atomic mass is 19.2. The number of rotatable bonds is 7. The van der Waals surface area contributed by atoms with Crippen molar-refractivity contribution in [1.29, 1.82) is 0 Å². The number of nitrogens with one attached hydrogen (secondary N) is 1. The van der Waals surface area contributed by atoms with Gasteiger partial charge in [-0.3, -0.25) is 9.59 Å². The van der Waals surface area contributed by atoms with Gasteiger partial charge in [-0.1, -0.05) is 31.2 Å². The van der Waals surface area contributed by atoms with Crippen LogP contribution in [0.3, 0.4) is 0 Å². The Labute approximate surface area is 190 Å². The quantitative estimate of drug-likeness (QED) is 0.497. The molecule has 0 atom stereocenters. The number of benzene rings is 3. The number of nitrogens with zero attached hydrogens (tertiary/aromatic N) is 1. The second-order valence-electron chi connectivity index (χ2n) is 7.43. The third-order valence-corrected chi connectivity index (χ3v) is 5.33. The summed E-state index contributed by atoms with van der Waals surface area (Å²) in [6, 6.07) is 17.2. The molecule has 168 valence electrons. The van der Waals surface area contributed by atoms with Crippen LogP contribution in [0.5, 0.6) is 5.75 Å². The van der Waals surface area contributed by atoms with Gasteiger partial charge in [0.15, 0.2) is 11.6 Å². The lowest BCUT2D eigenvalue weighted by Gasteiger charge is -2.15. The summed E-state index contributed by atoms with van der Waals surface area (Å²) >= 11 is 0. The van der Waals surface area contributed by atoms with Gasteiger partial charge in [0.25, 0.3) is 11.8 Å². The van der Waals surface area contributed by atoms with Gasteiger partial charge in [0, 0.05) is 11.8 Å². The van der Waals surface area contributed by atoms with E-state index in [0.29, 0.717) is 23.6 Å². The van der Waals surface area contributed by atoms with Crippen molar-refractivity contribution in [2.75, 3.05) is 16.8 Å². The molecule has 0 saturated carbocycles. The Morgan fingerprint density at radius 3 is 2.15 bits per heavy atom. The molecule has 0 bridgehead atoms. The van der Waals surface area contributed by atoms with Crippen LogP contribution in [0.15, 0.2) is 72.4 Å². The van der Waals surface area contributed by atoms with Crippen molar-refractivity contribution in [3.8, 4) is 5.75 Å². The maximum atomic E-state index is 13.9. The average Bonchev–Trinajstić information content (AvgIpc) is 3.06. The Morgan fingerprint density at radius 2 is 1.55 bits per heavy atom. The Morgan fingerprint density at radius 1 is 0.848 bits per heavy atom. The first-order valence-corrected chi connectivity index (χ1v) is 10.6. The molecule has 1 aliphatic rings. The van der Waals surface area contributed by atoms with E-state index in [0.717, 1.165) is 29.0 Å². The number of amides is 2. The van der Waals surface area contributed by atoms with Crippen LogP contribution in [0.25, 0.3) is 5.57 Å². The zero-order valence-corrected chi connectivity index (χ0v) is 18.2. The van der Waals surface area contributed by atoms with Gasteiger partial charge >= 0.3 is 0 Å². The van der Waals surface area contributed by atoms with Crippen LogP contribution in [0.4, 0.5) is 20.2 Å². The number of carbonyl (C=O) groups excluding carboxylic acids is 2. The fourth-order valence-corrected chi connectivity index (χ4v) is 3.62. The molecular formula is C26H22F2N2O3. The second-order valence-corrected chi connectivity index (χ2v) is 7.43. The van der Waals surface area contributed by atoms with E-state index in [-0.39, 0.29) is 17.0 Å². The zero-order chi connectivity index (χ0) is 23.5. The highest BCUT2D eigenvalue weighted by Crippen LogP contribution is 2.35. The van der Waals surface area contributed by atoms with Gasteiger partial charge < -0.3 is 10.1 Å². The van der Waals surface area contributed by atoms with E-state index in [1.165, 1.54) is 6.07 Å². The summed E-state index contributed by atoms with van der Waals surface area (Å²) in [5.41, 5.74) is 2.38. The van der Waals surface area contributed by atoms with Gasteiger partial charge in [0.05, 0.1) is 17.9 Å². The molecule has 5 nitrogen and oxygen atoms in total. The highest BCUT2D eigenvalue weighted by molar-refractivity contribution is 6.46. The summed E-state index contributed by atoms with van der Waals surface area (Å²) in [5, 5.41) is 3.05. The minimum atomic E-state index is -1.15. The molecule has 33 heavy (non-hydrogen) atoms. The third-order valence-electron chi connectivity index (χ3n) is 5.33. The number of anilines is 2. The molecule has 1 aliphatic heterocycles. The second kappa shape index (κ2) is 9.24. The summed E-state index contributed by atoms with van der Waals surface area (Å²) in [6.45, 7) is 4.39. The lowest BCUT2D eigenvalue weighted by atomic mass is 10.0. The summed E-state index contributed by atoms with van der Waals surface area (Å²) in [4.78, 5) is 27.6. The van der Waals surface area contributed by atoms with Crippen molar-refractivity contribution in [3.63, 3.8) is 0 Å². The van der Waals surface area contributed by atoms with Crippen LogP contribution < -0.4 is 15.0 Å². The first-order chi connectivity index (χ1) is 15.9. The maximum absolute atomic E-state index is 13.9. The first kappa shape index (κ1) is 22.2.